The quantitative estimate of drug-likeness (QED) is 0.786. The zero-order valence-electron chi connectivity index (χ0n) is 9.35. The summed E-state index contributed by atoms with van der Waals surface area (Å²) < 4.78 is 0. The maximum atomic E-state index is 12.0. The molecule has 0 unspecified atom stereocenters. The molecule has 1 amide bonds. The van der Waals surface area contributed by atoms with Crippen molar-refractivity contribution in [1.29, 1.82) is 0 Å². The van der Waals surface area contributed by atoms with Crippen LogP contribution >= 0.6 is 0 Å². The number of rotatable bonds is 3. The van der Waals surface area contributed by atoms with Crippen LogP contribution in [0.4, 0.5) is 0 Å². The van der Waals surface area contributed by atoms with Gasteiger partial charge < -0.3 is 9.88 Å². The molecule has 0 aliphatic heterocycles. The molecule has 0 radical (unpaired) electrons. The van der Waals surface area contributed by atoms with Crippen LogP contribution in [-0.2, 0) is 0 Å². The van der Waals surface area contributed by atoms with E-state index in [1.54, 1.807) is 0 Å². The minimum atomic E-state index is 0.131. The number of carbonyl (C=O) groups excluding carboxylic acids is 1. The molecule has 1 N–H and O–H groups in total. The first-order chi connectivity index (χ1) is 6.61. The summed E-state index contributed by atoms with van der Waals surface area (Å²) in [4.78, 5) is 16.9. The largest absolute Gasteiger partial charge is 0.364 e. The molecule has 78 valence electrons. The lowest BCUT2D eigenvalue weighted by Crippen LogP contribution is -2.31. The van der Waals surface area contributed by atoms with E-state index in [4.69, 9.17) is 0 Å². The first kappa shape index (κ1) is 10.8. The second kappa shape index (κ2) is 4.31. The predicted molar refractivity (Wildman–Crippen MR) is 57.5 cm³/mol. The van der Waals surface area contributed by atoms with Crippen LogP contribution in [0.1, 0.15) is 35.5 Å². The maximum absolute atomic E-state index is 12.0. The van der Waals surface area contributed by atoms with Gasteiger partial charge in [0, 0.05) is 25.0 Å². The monoisotopic (exact) mass is 194 g/mol. The van der Waals surface area contributed by atoms with Crippen molar-refractivity contribution in [3.63, 3.8) is 0 Å². The Morgan fingerprint density at radius 2 is 1.93 bits per heavy atom. The van der Waals surface area contributed by atoms with E-state index in [0.29, 0.717) is 0 Å². The van der Waals surface area contributed by atoms with Crippen LogP contribution in [0, 0.1) is 13.8 Å². The molecule has 0 saturated carbocycles. The van der Waals surface area contributed by atoms with Crippen LogP contribution in [0.3, 0.4) is 0 Å². The fourth-order valence-electron chi connectivity index (χ4n) is 1.65. The highest BCUT2D eigenvalue weighted by Crippen LogP contribution is 2.14. The van der Waals surface area contributed by atoms with Crippen molar-refractivity contribution in [3.05, 3.63) is 23.0 Å². The number of nitrogens with zero attached hydrogens (tertiary/aromatic N) is 1. The summed E-state index contributed by atoms with van der Waals surface area (Å²) in [5.74, 6) is 0.131. The molecular formula is C11H18N2O. The van der Waals surface area contributed by atoms with Crippen LogP contribution in [0.25, 0.3) is 0 Å². The molecule has 0 fully saturated rings. The van der Waals surface area contributed by atoms with Gasteiger partial charge in [-0.15, -0.1) is 0 Å². The van der Waals surface area contributed by atoms with E-state index in [1.165, 1.54) is 0 Å². The van der Waals surface area contributed by atoms with Crippen molar-refractivity contribution in [2.75, 3.05) is 13.1 Å². The van der Waals surface area contributed by atoms with E-state index >= 15 is 0 Å². The number of aromatic nitrogens is 1. The summed E-state index contributed by atoms with van der Waals surface area (Å²) in [6, 6.07) is 0. The van der Waals surface area contributed by atoms with Gasteiger partial charge in [-0.25, -0.2) is 0 Å². The SMILES string of the molecule is CCN(CC)C(=O)c1c(C)c[nH]c1C. The smallest absolute Gasteiger partial charge is 0.255 e. The number of aryl methyl sites for hydroxylation is 2. The van der Waals surface area contributed by atoms with E-state index in [0.717, 1.165) is 29.9 Å². The molecule has 0 aliphatic carbocycles. The van der Waals surface area contributed by atoms with Crippen molar-refractivity contribution < 1.29 is 4.79 Å². The maximum Gasteiger partial charge on any atom is 0.255 e. The second-order valence-electron chi connectivity index (χ2n) is 3.45. The highest BCUT2D eigenvalue weighted by Gasteiger charge is 2.17. The Morgan fingerprint density at radius 1 is 1.36 bits per heavy atom. The highest BCUT2D eigenvalue weighted by molar-refractivity contribution is 5.96. The summed E-state index contributed by atoms with van der Waals surface area (Å²) in [7, 11) is 0. The van der Waals surface area contributed by atoms with Crippen LogP contribution in [0.2, 0.25) is 0 Å². The summed E-state index contributed by atoms with van der Waals surface area (Å²) in [5.41, 5.74) is 2.81. The molecule has 1 aromatic rings. The van der Waals surface area contributed by atoms with Crippen molar-refractivity contribution in [2.45, 2.75) is 27.7 Å². The van der Waals surface area contributed by atoms with Crippen molar-refractivity contribution in [3.8, 4) is 0 Å². The summed E-state index contributed by atoms with van der Waals surface area (Å²) in [6.07, 6.45) is 1.88. The van der Waals surface area contributed by atoms with Crippen molar-refractivity contribution in [2.24, 2.45) is 0 Å². The van der Waals surface area contributed by atoms with Gasteiger partial charge in [0.1, 0.15) is 0 Å². The molecule has 0 aromatic carbocycles. The predicted octanol–water partition coefficient (Wildman–Crippen LogP) is 2.11. The van der Waals surface area contributed by atoms with Gasteiger partial charge in [-0.05, 0) is 33.3 Å². The summed E-state index contributed by atoms with van der Waals surface area (Å²) >= 11 is 0. The van der Waals surface area contributed by atoms with Crippen molar-refractivity contribution >= 4 is 5.91 Å². The number of hydrogen-bond acceptors (Lipinski definition) is 1. The fourth-order valence-corrected chi connectivity index (χ4v) is 1.65. The summed E-state index contributed by atoms with van der Waals surface area (Å²) in [6.45, 7) is 9.42. The normalized spacial score (nSPS) is 10.3. The van der Waals surface area contributed by atoms with Gasteiger partial charge >= 0.3 is 0 Å². The minimum absolute atomic E-state index is 0.131. The lowest BCUT2D eigenvalue weighted by Gasteiger charge is -2.18. The van der Waals surface area contributed by atoms with Crippen LogP contribution < -0.4 is 0 Å². The molecule has 0 atom stereocenters. The minimum Gasteiger partial charge on any atom is -0.364 e. The molecule has 0 spiro atoms. The fraction of sp³-hybridized carbons (Fsp3) is 0.545. The molecule has 0 bridgehead atoms. The molecule has 0 aliphatic rings. The van der Waals surface area contributed by atoms with Gasteiger partial charge in [-0.3, -0.25) is 4.79 Å². The van der Waals surface area contributed by atoms with Gasteiger partial charge in [-0.1, -0.05) is 0 Å². The molecular weight excluding hydrogens is 176 g/mol. The molecule has 0 saturated heterocycles. The van der Waals surface area contributed by atoms with Gasteiger partial charge in [0.15, 0.2) is 0 Å². The third-order valence-electron chi connectivity index (χ3n) is 2.54. The summed E-state index contributed by atoms with van der Waals surface area (Å²) in [5, 5.41) is 0. The van der Waals surface area contributed by atoms with Gasteiger partial charge in [0.2, 0.25) is 0 Å². The molecule has 1 heterocycles. The van der Waals surface area contributed by atoms with Gasteiger partial charge in [0.05, 0.1) is 5.56 Å². The number of aromatic amines is 1. The number of nitrogens with one attached hydrogen (secondary N) is 1. The highest BCUT2D eigenvalue weighted by atomic mass is 16.2. The zero-order chi connectivity index (χ0) is 10.7. The van der Waals surface area contributed by atoms with Crippen LogP contribution in [-0.4, -0.2) is 28.9 Å². The Hall–Kier alpha value is -1.25. The first-order valence-corrected chi connectivity index (χ1v) is 5.05. The van der Waals surface area contributed by atoms with E-state index < -0.39 is 0 Å². The Balaban J connectivity index is 2.99. The zero-order valence-corrected chi connectivity index (χ0v) is 9.35. The average Bonchev–Trinajstić information content (AvgIpc) is 2.48. The van der Waals surface area contributed by atoms with Crippen LogP contribution in [0.5, 0.6) is 0 Å². The Bertz CT molecular complexity index is 305. The van der Waals surface area contributed by atoms with Gasteiger partial charge in [-0.2, -0.15) is 0 Å². The van der Waals surface area contributed by atoms with E-state index in [1.807, 2.05) is 38.8 Å². The lowest BCUT2D eigenvalue weighted by molar-refractivity contribution is 0.0772. The molecule has 3 heteroatoms. The molecule has 1 aromatic heterocycles. The number of amides is 1. The molecule has 3 nitrogen and oxygen atoms in total. The van der Waals surface area contributed by atoms with E-state index in [2.05, 4.69) is 4.98 Å². The lowest BCUT2D eigenvalue weighted by atomic mass is 10.1. The van der Waals surface area contributed by atoms with Gasteiger partial charge in [0.25, 0.3) is 5.91 Å². The molecule has 1 rings (SSSR count). The average molecular weight is 194 g/mol. The first-order valence-electron chi connectivity index (χ1n) is 5.05. The third-order valence-corrected chi connectivity index (χ3v) is 2.54. The van der Waals surface area contributed by atoms with Crippen LogP contribution in [0.15, 0.2) is 6.20 Å². The number of hydrogen-bond donors (Lipinski definition) is 1. The second-order valence-corrected chi connectivity index (χ2v) is 3.45. The molecule has 14 heavy (non-hydrogen) atoms. The van der Waals surface area contributed by atoms with Crippen molar-refractivity contribution in [1.82, 2.24) is 9.88 Å². The van der Waals surface area contributed by atoms with E-state index in [-0.39, 0.29) is 5.91 Å². The number of carbonyl (C=O) groups is 1. The Labute approximate surface area is 85.1 Å². The standard InChI is InChI=1S/C11H18N2O/c1-5-13(6-2)11(14)10-8(3)7-12-9(10)4/h7,12H,5-6H2,1-4H3. The topological polar surface area (TPSA) is 36.1 Å². The van der Waals surface area contributed by atoms with E-state index in [9.17, 15) is 4.79 Å². The number of H-pyrrole nitrogens is 1. The Kier molecular flexibility index (Phi) is 3.33. The third kappa shape index (κ3) is 1.81. The Morgan fingerprint density at radius 3 is 2.29 bits per heavy atom.